The van der Waals surface area contributed by atoms with Crippen molar-refractivity contribution in [2.24, 2.45) is 0 Å². The van der Waals surface area contributed by atoms with E-state index in [0.29, 0.717) is 19.6 Å². The summed E-state index contributed by atoms with van der Waals surface area (Å²) in [4.78, 5) is 6.39. The lowest BCUT2D eigenvalue weighted by Crippen LogP contribution is -2.52. The topological polar surface area (TPSA) is 56.8 Å². The Morgan fingerprint density at radius 3 is 2.59 bits per heavy atom. The van der Waals surface area contributed by atoms with Gasteiger partial charge < -0.3 is 0 Å². The molecule has 1 aliphatic heterocycles. The van der Waals surface area contributed by atoms with Crippen LogP contribution in [0.25, 0.3) is 0 Å². The second kappa shape index (κ2) is 8.01. The van der Waals surface area contributed by atoms with Gasteiger partial charge in [-0.1, -0.05) is 19.4 Å². The molecule has 0 bridgehead atoms. The van der Waals surface area contributed by atoms with E-state index >= 15 is 0 Å². The highest BCUT2D eigenvalue weighted by atomic mass is 32.2. The van der Waals surface area contributed by atoms with Crippen molar-refractivity contribution in [1.29, 1.82) is 0 Å². The monoisotopic (exact) mass is 326 g/mol. The Hall–Kier alpha value is -1.02. The standard InChI is InChI=1S/C15H26N4O2S/c1-3-4-8-17(2)22(20,21)19-11-9-18(10-12-19)14-15-6-5-7-16-13-15/h5-7,13H,3-4,8-12,14H2,1-2H3. The van der Waals surface area contributed by atoms with Crippen molar-refractivity contribution in [3.63, 3.8) is 0 Å². The Morgan fingerprint density at radius 1 is 1.27 bits per heavy atom. The Labute approximate surface area is 133 Å². The minimum absolute atomic E-state index is 0.555. The van der Waals surface area contributed by atoms with Gasteiger partial charge in [0.05, 0.1) is 0 Å². The van der Waals surface area contributed by atoms with E-state index in [1.54, 1.807) is 17.5 Å². The predicted molar refractivity (Wildman–Crippen MR) is 87.5 cm³/mol. The molecule has 0 unspecified atom stereocenters. The van der Waals surface area contributed by atoms with Gasteiger partial charge in [-0.2, -0.15) is 17.0 Å². The molecule has 0 aromatic carbocycles. The van der Waals surface area contributed by atoms with E-state index in [9.17, 15) is 8.42 Å². The van der Waals surface area contributed by atoms with Gasteiger partial charge in [0, 0.05) is 58.7 Å². The van der Waals surface area contributed by atoms with Gasteiger partial charge in [0.15, 0.2) is 0 Å². The molecule has 0 radical (unpaired) electrons. The van der Waals surface area contributed by atoms with Crippen LogP contribution < -0.4 is 0 Å². The Bertz CT molecular complexity index is 542. The van der Waals surface area contributed by atoms with E-state index in [4.69, 9.17) is 0 Å². The minimum Gasteiger partial charge on any atom is -0.296 e. The zero-order chi connectivity index (χ0) is 16.0. The quantitative estimate of drug-likeness (QED) is 0.755. The van der Waals surface area contributed by atoms with Crippen molar-refractivity contribution in [2.45, 2.75) is 26.3 Å². The van der Waals surface area contributed by atoms with Crippen LogP contribution in [-0.4, -0.2) is 66.7 Å². The van der Waals surface area contributed by atoms with Crippen LogP contribution in [0.5, 0.6) is 0 Å². The van der Waals surface area contributed by atoms with Gasteiger partial charge in [0.25, 0.3) is 10.2 Å². The number of hydrogen-bond acceptors (Lipinski definition) is 4. The van der Waals surface area contributed by atoms with E-state index in [1.165, 1.54) is 9.87 Å². The Kier molecular flexibility index (Phi) is 6.31. The molecule has 2 heterocycles. The maximum atomic E-state index is 12.5. The minimum atomic E-state index is -3.30. The molecular weight excluding hydrogens is 300 g/mol. The van der Waals surface area contributed by atoms with Gasteiger partial charge in [-0.05, 0) is 18.1 Å². The Morgan fingerprint density at radius 2 is 2.00 bits per heavy atom. The molecule has 0 saturated carbocycles. The second-order valence-corrected chi connectivity index (χ2v) is 7.75. The van der Waals surface area contributed by atoms with Gasteiger partial charge >= 0.3 is 0 Å². The summed E-state index contributed by atoms with van der Waals surface area (Å²) < 4.78 is 28.0. The summed E-state index contributed by atoms with van der Waals surface area (Å²) in [5.74, 6) is 0. The molecule has 1 saturated heterocycles. The van der Waals surface area contributed by atoms with Crippen molar-refractivity contribution >= 4 is 10.2 Å². The third-order valence-electron chi connectivity index (χ3n) is 4.01. The summed E-state index contributed by atoms with van der Waals surface area (Å²) in [6, 6.07) is 3.98. The van der Waals surface area contributed by atoms with E-state index in [1.807, 2.05) is 12.3 Å². The first-order valence-electron chi connectivity index (χ1n) is 7.86. The molecule has 1 fully saturated rings. The van der Waals surface area contributed by atoms with Crippen LogP contribution in [0.15, 0.2) is 24.5 Å². The lowest BCUT2D eigenvalue weighted by atomic mass is 10.2. The number of aromatic nitrogens is 1. The lowest BCUT2D eigenvalue weighted by Gasteiger charge is -2.35. The Balaban J connectivity index is 1.86. The number of rotatable bonds is 7. The van der Waals surface area contributed by atoms with Crippen LogP contribution >= 0.6 is 0 Å². The SMILES string of the molecule is CCCCN(C)S(=O)(=O)N1CCN(Cc2cccnc2)CC1. The molecule has 0 spiro atoms. The molecule has 6 nitrogen and oxygen atoms in total. The summed E-state index contributed by atoms with van der Waals surface area (Å²) in [5, 5.41) is 0. The molecule has 1 aliphatic rings. The molecular formula is C15H26N4O2S. The van der Waals surface area contributed by atoms with Crippen molar-refractivity contribution in [3.8, 4) is 0 Å². The summed E-state index contributed by atoms with van der Waals surface area (Å²) in [7, 11) is -1.63. The number of piperazine rings is 1. The van der Waals surface area contributed by atoms with E-state index < -0.39 is 10.2 Å². The van der Waals surface area contributed by atoms with Crippen LogP contribution in [0.4, 0.5) is 0 Å². The highest BCUT2D eigenvalue weighted by molar-refractivity contribution is 7.86. The highest BCUT2D eigenvalue weighted by Crippen LogP contribution is 2.13. The van der Waals surface area contributed by atoms with Crippen LogP contribution in [0.1, 0.15) is 25.3 Å². The molecule has 1 aromatic heterocycles. The highest BCUT2D eigenvalue weighted by Gasteiger charge is 2.29. The molecule has 0 aliphatic carbocycles. The van der Waals surface area contributed by atoms with Crippen LogP contribution in [0.2, 0.25) is 0 Å². The lowest BCUT2D eigenvalue weighted by molar-refractivity contribution is 0.176. The van der Waals surface area contributed by atoms with Crippen LogP contribution in [0, 0.1) is 0 Å². The van der Waals surface area contributed by atoms with E-state index in [0.717, 1.165) is 32.5 Å². The molecule has 1 aromatic rings. The van der Waals surface area contributed by atoms with Crippen molar-refractivity contribution in [2.75, 3.05) is 39.8 Å². The third-order valence-corrected chi connectivity index (χ3v) is 5.99. The molecule has 0 atom stereocenters. The van der Waals surface area contributed by atoms with Crippen LogP contribution in [0.3, 0.4) is 0 Å². The normalized spacial score (nSPS) is 18.0. The zero-order valence-corrected chi connectivity index (χ0v) is 14.3. The van der Waals surface area contributed by atoms with Crippen molar-refractivity contribution in [1.82, 2.24) is 18.5 Å². The molecule has 7 heteroatoms. The first-order chi connectivity index (χ1) is 10.5. The summed E-state index contributed by atoms with van der Waals surface area (Å²) in [5.41, 5.74) is 1.17. The summed E-state index contributed by atoms with van der Waals surface area (Å²) in [6.45, 7) is 6.11. The van der Waals surface area contributed by atoms with Crippen molar-refractivity contribution in [3.05, 3.63) is 30.1 Å². The molecule has 124 valence electrons. The van der Waals surface area contributed by atoms with Gasteiger partial charge in [-0.3, -0.25) is 9.88 Å². The first-order valence-corrected chi connectivity index (χ1v) is 9.26. The zero-order valence-electron chi connectivity index (χ0n) is 13.5. The fraction of sp³-hybridized carbons (Fsp3) is 0.667. The smallest absolute Gasteiger partial charge is 0.281 e. The maximum Gasteiger partial charge on any atom is 0.281 e. The average molecular weight is 326 g/mol. The van der Waals surface area contributed by atoms with Crippen molar-refractivity contribution < 1.29 is 8.42 Å². The van der Waals surface area contributed by atoms with Gasteiger partial charge in [0.2, 0.25) is 0 Å². The molecule has 0 N–H and O–H groups in total. The number of unbranched alkanes of at least 4 members (excludes halogenated alkanes) is 1. The molecule has 2 rings (SSSR count). The fourth-order valence-corrected chi connectivity index (χ4v) is 3.94. The third kappa shape index (κ3) is 4.49. The largest absolute Gasteiger partial charge is 0.296 e. The number of hydrogen-bond donors (Lipinski definition) is 0. The summed E-state index contributed by atoms with van der Waals surface area (Å²) >= 11 is 0. The van der Waals surface area contributed by atoms with Gasteiger partial charge in [0.1, 0.15) is 0 Å². The average Bonchev–Trinajstić information content (AvgIpc) is 2.54. The predicted octanol–water partition coefficient (Wildman–Crippen LogP) is 1.18. The van der Waals surface area contributed by atoms with Gasteiger partial charge in [-0.15, -0.1) is 0 Å². The van der Waals surface area contributed by atoms with E-state index in [-0.39, 0.29) is 0 Å². The number of pyridine rings is 1. The molecule has 22 heavy (non-hydrogen) atoms. The fourth-order valence-electron chi connectivity index (χ4n) is 2.56. The van der Waals surface area contributed by atoms with Crippen LogP contribution in [-0.2, 0) is 16.8 Å². The maximum absolute atomic E-state index is 12.5. The first kappa shape index (κ1) is 17.3. The molecule has 0 amide bonds. The summed E-state index contributed by atoms with van der Waals surface area (Å²) in [6.07, 6.45) is 5.53. The second-order valence-electron chi connectivity index (χ2n) is 5.72. The number of nitrogens with zero attached hydrogens (tertiary/aromatic N) is 4. The van der Waals surface area contributed by atoms with E-state index in [2.05, 4.69) is 22.9 Å². The van der Waals surface area contributed by atoms with Gasteiger partial charge in [-0.25, -0.2) is 0 Å².